The molecule has 5 nitrogen and oxygen atoms in total. The minimum atomic E-state index is -1.09. The highest BCUT2D eigenvalue weighted by Gasteiger charge is 2.36. The first-order valence-corrected chi connectivity index (χ1v) is 6.53. The summed E-state index contributed by atoms with van der Waals surface area (Å²) in [5.41, 5.74) is 0.00634. The molecule has 19 heavy (non-hydrogen) atoms. The molecule has 1 aromatic heterocycles. The van der Waals surface area contributed by atoms with Crippen molar-refractivity contribution in [1.29, 1.82) is 0 Å². The van der Waals surface area contributed by atoms with Crippen LogP contribution < -0.4 is 0 Å². The van der Waals surface area contributed by atoms with Gasteiger partial charge in [0.25, 0.3) is 5.91 Å². The number of carbonyl (C=O) groups is 2. The van der Waals surface area contributed by atoms with E-state index in [0.717, 1.165) is 12.7 Å². The molecule has 5 heteroatoms. The normalized spacial score (nSPS) is 21.5. The predicted octanol–water partition coefficient (Wildman–Crippen LogP) is 2.48. The molecule has 1 heterocycles. The van der Waals surface area contributed by atoms with E-state index in [1.165, 1.54) is 6.07 Å². The number of rotatable bonds is 5. The highest BCUT2D eigenvalue weighted by Crippen LogP contribution is 2.38. The Kier molecular flexibility index (Phi) is 3.64. The largest absolute Gasteiger partial charge is 0.478 e. The van der Waals surface area contributed by atoms with Crippen LogP contribution in [0.2, 0.25) is 0 Å². The Morgan fingerprint density at radius 3 is 2.58 bits per heavy atom. The van der Waals surface area contributed by atoms with Crippen LogP contribution in [0, 0.1) is 11.8 Å². The lowest BCUT2D eigenvalue weighted by Crippen LogP contribution is -2.38. The minimum absolute atomic E-state index is 0.00634. The smallest absolute Gasteiger partial charge is 0.338 e. The number of furan rings is 1. The van der Waals surface area contributed by atoms with Crippen LogP contribution in [0.3, 0.4) is 0 Å². The van der Waals surface area contributed by atoms with E-state index in [0.29, 0.717) is 18.4 Å². The van der Waals surface area contributed by atoms with Crippen molar-refractivity contribution < 1.29 is 19.1 Å². The van der Waals surface area contributed by atoms with Crippen molar-refractivity contribution in [2.24, 2.45) is 11.8 Å². The number of nitrogens with zero attached hydrogens (tertiary/aromatic N) is 1. The van der Waals surface area contributed by atoms with Gasteiger partial charge in [0, 0.05) is 18.7 Å². The van der Waals surface area contributed by atoms with Crippen LogP contribution in [0.15, 0.2) is 16.7 Å². The molecule has 2 unspecified atom stereocenters. The van der Waals surface area contributed by atoms with E-state index in [4.69, 9.17) is 9.52 Å². The third-order valence-corrected chi connectivity index (χ3v) is 3.65. The van der Waals surface area contributed by atoms with E-state index in [1.54, 1.807) is 4.90 Å². The van der Waals surface area contributed by atoms with Crippen molar-refractivity contribution in [2.45, 2.75) is 33.2 Å². The number of carboxylic acids is 1. The first-order chi connectivity index (χ1) is 8.90. The van der Waals surface area contributed by atoms with E-state index in [2.05, 4.69) is 6.92 Å². The second-order valence-electron chi connectivity index (χ2n) is 5.53. The van der Waals surface area contributed by atoms with Gasteiger partial charge in [-0.25, -0.2) is 4.79 Å². The fourth-order valence-corrected chi connectivity index (χ4v) is 2.14. The van der Waals surface area contributed by atoms with Crippen molar-refractivity contribution in [1.82, 2.24) is 4.90 Å². The van der Waals surface area contributed by atoms with Gasteiger partial charge < -0.3 is 14.4 Å². The molecule has 2 rings (SSSR count). The predicted molar refractivity (Wildman–Crippen MR) is 69.1 cm³/mol. The second kappa shape index (κ2) is 5.07. The molecule has 1 saturated carbocycles. The Balaban J connectivity index is 2.11. The van der Waals surface area contributed by atoms with E-state index in [-0.39, 0.29) is 23.3 Å². The minimum Gasteiger partial charge on any atom is -0.478 e. The fraction of sp³-hybridized carbons (Fsp3) is 0.571. The zero-order valence-corrected chi connectivity index (χ0v) is 11.4. The summed E-state index contributed by atoms with van der Waals surface area (Å²) in [5.74, 6) is -0.00352. The maximum absolute atomic E-state index is 12.3. The number of aromatic carboxylic acids is 1. The van der Waals surface area contributed by atoms with Gasteiger partial charge in [-0.3, -0.25) is 4.79 Å². The van der Waals surface area contributed by atoms with E-state index in [9.17, 15) is 9.59 Å². The summed E-state index contributed by atoms with van der Waals surface area (Å²) in [6.07, 6.45) is 2.25. The van der Waals surface area contributed by atoms with Crippen molar-refractivity contribution >= 4 is 11.9 Å². The molecule has 0 saturated heterocycles. The van der Waals surface area contributed by atoms with Gasteiger partial charge in [0.1, 0.15) is 6.26 Å². The van der Waals surface area contributed by atoms with Gasteiger partial charge in [0.2, 0.25) is 0 Å². The first kappa shape index (κ1) is 13.6. The van der Waals surface area contributed by atoms with Gasteiger partial charge in [-0.15, -0.1) is 0 Å². The molecule has 1 aliphatic carbocycles. The SMILES string of the molecule is CC1CC1CN(C(=O)c1cc(C(=O)O)co1)C(C)C. The lowest BCUT2D eigenvalue weighted by atomic mass is 10.2. The molecule has 1 amide bonds. The van der Waals surface area contributed by atoms with Gasteiger partial charge in [-0.2, -0.15) is 0 Å². The van der Waals surface area contributed by atoms with Crippen LogP contribution in [0.1, 0.15) is 48.1 Å². The number of amides is 1. The Bertz CT molecular complexity index is 491. The highest BCUT2D eigenvalue weighted by molar-refractivity contribution is 5.95. The summed E-state index contributed by atoms with van der Waals surface area (Å²) < 4.78 is 5.08. The summed E-state index contributed by atoms with van der Waals surface area (Å²) in [6, 6.07) is 1.36. The Labute approximate surface area is 112 Å². The molecule has 2 atom stereocenters. The van der Waals surface area contributed by atoms with Gasteiger partial charge >= 0.3 is 5.97 Å². The highest BCUT2D eigenvalue weighted by atomic mass is 16.4. The monoisotopic (exact) mass is 265 g/mol. The van der Waals surface area contributed by atoms with Crippen LogP contribution in [0.5, 0.6) is 0 Å². The second-order valence-corrected chi connectivity index (χ2v) is 5.53. The quantitative estimate of drug-likeness (QED) is 0.887. The number of hydrogen-bond acceptors (Lipinski definition) is 3. The molecule has 1 aromatic rings. The molecule has 104 valence electrons. The van der Waals surface area contributed by atoms with Gasteiger partial charge in [-0.05, 0) is 32.1 Å². The van der Waals surface area contributed by atoms with Crippen LogP contribution in [0.4, 0.5) is 0 Å². The zero-order valence-electron chi connectivity index (χ0n) is 11.4. The summed E-state index contributed by atoms with van der Waals surface area (Å²) in [4.78, 5) is 24.9. The fourth-order valence-electron chi connectivity index (χ4n) is 2.14. The third-order valence-electron chi connectivity index (χ3n) is 3.65. The van der Waals surface area contributed by atoms with Gasteiger partial charge in [0.05, 0.1) is 5.56 Å². The van der Waals surface area contributed by atoms with E-state index < -0.39 is 5.97 Å². The molecule has 1 fully saturated rings. The number of hydrogen-bond donors (Lipinski definition) is 1. The zero-order chi connectivity index (χ0) is 14.2. The summed E-state index contributed by atoms with van der Waals surface area (Å²) in [7, 11) is 0. The van der Waals surface area contributed by atoms with Crippen molar-refractivity contribution in [3.05, 3.63) is 23.7 Å². The molecular weight excluding hydrogens is 246 g/mol. The third kappa shape index (κ3) is 2.97. The summed E-state index contributed by atoms with van der Waals surface area (Å²) in [5, 5.41) is 8.83. The van der Waals surface area contributed by atoms with Crippen molar-refractivity contribution in [3.8, 4) is 0 Å². The molecule has 1 aliphatic rings. The van der Waals surface area contributed by atoms with Crippen LogP contribution >= 0.6 is 0 Å². The maximum atomic E-state index is 12.3. The summed E-state index contributed by atoms with van der Waals surface area (Å²) >= 11 is 0. The maximum Gasteiger partial charge on any atom is 0.338 e. The van der Waals surface area contributed by atoms with Crippen molar-refractivity contribution in [2.75, 3.05) is 6.54 Å². The van der Waals surface area contributed by atoms with E-state index >= 15 is 0 Å². The topological polar surface area (TPSA) is 70.8 Å². The standard InChI is InChI=1S/C14H19NO4/c1-8(2)15(6-10-4-9(10)3)13(16)12-5-11(7-19-12)14(17)18/h5,7-10H,4,6H2,1-3H3,(H,17,18). The Hall–Kier alpha value is -1.78. The average molecular weight is 265 g/mol. The number of carboxylic acid groups (broad SMARTS) is 1. The molecule has 0 aliphatic heterocycles. The van der Waals surface area contributed by atoms with Gasteiger partial charge in [-0.1, -0.05) is 6.92 Å². The number of carbonyl (C=O) groups excluding carboxylic acids is 1. The molecule has 0 spiro atoms. The van der Waals surface area contributed by atoms with E-state index in [1.807, 2.05) is 13.8 Å². The van der Waals surface area contributed by atoms with Crippen LogP contribution in [-0.4, -0.2) is 34.5 Å². The van der Waals surface area contributed by atoms with Crippen LogP contribution in [-0.2, 0) is 0 Å². The Morgan fingerprint density at radius 1 is 1.53 bits per heavy atom. The molecule has 0 radical (unpaired) electrons. The first-order valence-electron chi connectivity index (χ1n) is 6.53. The molecule has 0 aromatic carbocycles. The molecule has 1 N–H and O–H groups in total. The Morgan fingerprint density at radius 2 is 2.16 bits per heavy atom. The molecular formula is C14H19NO4. The van der Waals surface area contributed by atoms with Crippen molar-refractivity contribution in [3.63, 3.8) is 0 Å². The summed E-state index contributed by atoms with van der Waals surface area (Å²) in [6.45, 7) is 6.78. The van der Waals surface area contributed by atoms with Crippen LogP contribution in [0.25, 0.3) is 0 Å². The average Bonchev–Trinajstić information content (AvgIpc) is 2.84. The van der Waals surface area contributed by atoms with Gasteiger partial charge in [0.15, 0.2) is 5.76 Å². The molecule has 0 bridgehead atoms. The lowest BCUT2D eigenvalue weighted by molar-refractivity contribution is 0.0659. The lowest BCUT2D eigenvalue weighted by Gasteiger charge is -2.26.